The molecule has 6 nitrogen and oxygen atoms in total. The molecule has 2 N–H and O–H groups in total. The first-order valence-electron chi connectivity index (χ1n) is 10.5. The highest BCUT2D eigenvalue weighted by atomic mass is 32.1. The SMILES string of the molecule is O=C(c1ccc(-c2ccccc2)cc1)N1CC(N[C@@]2(C(=O)c3nccs3)CCNC2)C1. The lowest BCUT2D eigenvalue weighted by Crippen LogP contribution is -2.67. The summed E-state index contributed by atoms with van der Waals surface area (Å²) in [5, 5.41) is 9.22. The van der Waals surface area contributed by atoms with Gasteiger partial charge in [-0.15, -0.1) is 11.3 Å². The molecule has 0 bridgehead atoms. The monoisotopic (exact) mass is 432 g/mol. The third kappa shape index (κ3) is 3.92. The summed E-state index contributed by atoms with van der Waals surface area (Å²) in [6.45, 7) is 2.60. The van der Waals surface area contributed by atoms with Gasteiger partial charge in [-0.25, -0.2) is 4.98 Å². The maximum atomic E-state index is 13.1. The van der Waals surface area contributed by atoms with Crippen LogP contribution in [0.4, 0.5) is 0 Å². The van der Waals surface area contributed by atoms with E-state index in [1.807, 2.05) is 52.7 Å². The zero-order valence-electron chi connectivity index (χ0n) is 17.1. The lowest BCUT2D eigenvalue weighted by atomic mass is 9.90. The first kappa shape index (κ1) is 20.1. The molecule has 0 unspecified atom stereocenters. The second kappa shape index (κ2) is 8.34. The summed E-state index contributed by atoms with van der Waals surface area (Å²) in [4.78, 5) is 32.0. The molecule has 1 aromatic heterocycles. The van der Waals surface area contributed by atoms with E-state index in [-0.39, 0.29) is 17.7 Å². The summed E-state index contributed by atoms with van der Waals surface area (Å²) in [7, 11) is 0. The molecule has 2 saturated heterocycles. The fraction of sp³-hybridized carbons (Fsp3) is 0.292. The van der Waals surface area contributed by atoms with Gasteiger partial charge >= 0.3 is 0 Å². The number of carbonyl (C=O) groups is 2. The van der Waals surface area contributed by atoms with Gasteiger partial charge in [0.05, 0.1) is 5.54 Å². The minimum atomic E-state index is -0.630. The molecule has 0 spiro atoms. The standard InChI is InChI=1S/C24H24N4O2S/c29-21(22-26-12-13-31-22)24(10-11-25-16-24)27-20-14-28(15-20)23(30)19-8-6-18(7-9-19)17-4-2-1-3-5-17/h1-9,12-13,20,25,27H,10-11,14-16H2/t24-/m0/s1. The second-order valence-corrected chi connectivity index (χ2v) is 9.06. The molecule has 5 rings (SSSR count). The predicted molar refractivity (Wildman–Crippen MR) is 121 cm³/mol. The number of nitrogens with one attached hydrogen (secondary N) is 2. The molecule has 0 radical (unpaired) electrons. The first-order chi connectivity index (χ1) is 15.1. The van der Waals surface area contributed by atoms with Crippen LogP contribution in [0.2, 0.25) is 0 Å². The topological polar surface area (TPSA) is 74.3 Å². The van der Waals surface area contributed by atoms with Gasteiger partial charge in [0.25, 0.3) is 5.91 Å². The molecule has 2 aromatic carbocycles. The van der Waals surface area contributed by atoms with E-state index in [2.05, 4.69) is 27.8 Å². The van der Waals surface area contributed by atoms with Gasteiger partial charge in [0, 0.05) is 42.8 Å². The summed E-state index contributed by atoms with van der Waals surface area (Å²) >= 11 is 1.38. The molecular formula is C24H24N4O2S. The largest absolute Gasteiger partial charge is 0.335 e. The molecule has 0 saturated carbocycles. The Labute approximate surface area is 185 Å². The molecule has 7 heteroatoms. The van der Waals surface area contributed by atoms with E-state index in [4.69, 9.17) is 0 Å². The highest BCUT2D eigenvalue weighted by molar-refractivity contribution is 7.11. The minimum absolute atomic E-state index is 0.0301. The molecule has 2 aliphatic heterocycles. The van der Waals surface area contributed by atoms with Crippen molar-refractivity contribution in [3.63, 3.8) is 0 Å². The number of benzene rings is 2. The lowest BCUT2D eigenvalue weighted by molar-refractivity contribution is 0.0506. The van der Waals surface area contributed by atoms with Crippen molar-refractivity contribution in [2.45, 2.75) is 18.0 Å². The summed E-state index contributed by atoms with van der Waals surface area (Å²) in [6, 6.07) is 18.0. The number of aromatic nitrogens is 1. The average molecular weight is 433 g/mol. The Morgan fingerprint density at radius 3 is 2.45 bits per heavy atom. The van der Waals surface area contributed by atoms with Gasteiger partial charge in [0.15, 0.2) is 5.01 Å². The minimum Gasteiger partial charge on any atom is -0.335 e. The Morgan fingerprint density at radius 1 is 1.06 bits per heavy atom. The Morgan fingerprint density at radius 2 is 1.81 bits per heavy atom. The number of hydrogen-bond donors (Lipinski definition) is 2. The number of amides is 1. The Hall–Kier alpha value is -2.87. The molecule has 0 aliphatic carbocycles. The van der Waals surface area contributed by atoms with Gasteiger partial charge in [0.2, 0.25) is 5.78 Å². The molecule has 2 aliphatic rings. The fourth-order valence-electron chi connectivity index (χ4n) is 4.36. The van der Waals surface area contributed by atoms with E-state index < -0.39 is 5.54 Å². The summed E-state index contributed by atoms with van der Waals surface area (Å²) < 4.78 is 0. The van der Waals surface area contributed by atoms with Crippen LogP contribution >= 0.6 is 11.3 Å². The zero-order valence-corrected chi connectivity index (χ0v) is 17.9. The van der Waals surface area contributed by atoms with Crippen molar-refractivity contribution in [2.24, 2.45) is 0 Å². The number of nitrogens with zero attached hydrogens (tertiary/aromatic N) is 2. The molecule has 3 aromatic rings. The number of ketones is 1. The second-order valence-electron chi connectivity index (χ2n) is 8.17. The zero-order chi connectivity index (χ0) is 21.3. The van der Waals surface area contributed by atoms with Crippen LogP contribution in [0.5, 0.6) is 0 Å². The van der Waals surface area contributed by atoms with Crippen LogP contribution in [0, 0.1) is 0 Å². The summed E-state index contributed by atoms with van der Waals surface area (Å²) in [6.07, 6.45) is 2.40. The summed E-state index contributed by atoms with van der Waals surface area (Å²) in [5.41, 5.74) is 2.29. The van der Waals surface area contributed by atoms with Gasteiger partial charge in [0.1, 0.15) is 0 Å². The van der Waals surface area contributed by atoms with E-state index in [0.29, 0.717) is 30.2 Å². The van der Waals surface area contributed by atoms with Crippen molar-refractivity contribution in [2.75, 3.05) is 26.2 Å². The molecule has 1 atom stereocenters. The number of likely N-dealkylation sites (tertiary alicyclic amines) is 1. The maximum Gasteiger partial charge on any atom is 0.253 e. The smallest absolute Gasteiger partial charge is 0.253 e. The van der Waals surface area contributed by atoms with E-state index in [9.17, 15) is 9.59 Å². The van der Waals surface area contributed by atoms with Crippen LogP contribution < -0.4 is 10.6 Å². The van der Waals surface area contributed by atoms with E-state index in [1.54, 1.807) is 6.20 Å². The molecule has 3 heterocycles. The van der Waals surface area contributed by atoms with E-state index in [0.717, 1.165) is 24.1 Å². The van der Waals surface area contributed by atoms with Gasteiger partial charge in [-0.3, -0.25) is 14.9 Å². The van der Waals surface area contributed by atoms with Crippen molar-refractivity contribution in [1.29, 1.82) is 0 Å². The Bertz CT molecular complexity index is 1050. The van der Waals surface area contributed by atoms with Crippen LogP contribution in [-0.4, -0.2) is 59.3 Å². The van der Waals surface area contributed by atoms with Crippen LogP contribution in [-0.2, 0) is 0 Å². The highest BCUT2D eigenvalue weighted by Crippen LogP contribution is 2.26. The van der Waals surface area contributed by atoms with Crippen molar-refractivity contribution >= 4 is 23.0 Å². The number of carbonyl (C=O) groups excluding carboxylic acids is 2. The van der Waals surface area contributed by atoms with Crippen molar-refractivity contribution in [3.8, 4) is 11.1 Å². The molecule has 158 valence electrons. The number of Topliss-reactive ketones (excluding diaryl/α,β-unsaturated/α-hetero) is 1. The number of thiazole rings is 1. The fourth-order valence-corrected chi connectivity index (χ4v) is 5.03. The molecule has 1 amide bonds. The van der Waals surface area contributed by atoms with E-state index >= 15 is 0 Å². The highest BCUT2D eigenvalue weighted by Gasteiger charge is 2.46. The van der Waals surface area contributed by atoms with E-state index in [1.165, 1.54) is 11.3 Å². The van der Waals surface area contributed by atoms with Crippen LogP contribution in [0.15, 0.2) is 66.2 Å². The third-order valence-electron chi connectivity index (χ3n) is 6.10. The molecule has 31 heavy (non-hydrogen) atoms. The predicted octanol–water partition coefficient (Wildman–Crippen LogP) is 2.84. The average Bonchev–Trinajstić information content (AvgIpc) is 3.49. The van der Waals surface area contributed by atoms with Gasteiger partial charge < -0.3 is 10.2 Å². The molecule has 2 fully saturated rings. The van der Waals surface area contributed by atoms with Gasteiger partial charge in [-0.1, -0.05) is 42.5 Å². The van der Waals surface area contributed by atoms with Crippen molar-refractivity contribution in [3.05, 3.63) is 76.7 Å². The van der Waals surface area contributed by atoms with Crippen LogP contribution in [0.1, 0.15) is 26.6 Å². The van der Waals surface area contributed by atoms with Crippen molar-refractivity contribution < 1.29 is 9.59 Å². The van der Waals surface area contributed by atoms with Crippen LogP contribution in [0.25, 0.3) is 11.1 Å². The normalized spacial score (nSPS) is 21.1. The number of hydrogen-bond acceptors (Lipinski definition) is 6. The summed E-state index contributed by atoms with van der Waals surface area (Å²) in [5.74, 6) is 0.0799. The third-order valence-corrected chi connectivity index (χ3v) is 6.88. The van der Waals surface area contributed by atoms with Gasteiger partial charge in [-0.05, 0) is 36.2 Å². The lowest BCUT2D eigenvalue weighted by Gasteiger charge is -2.44. The maximum absolute atomic E-state index is 13.1. The first-order valence-corrected chi connectivity index (χ1v) is 11.4. The molecular weight excluding hydrogens is 408 g/mol. The van der Waals surface area contributed by atoms with Crippen LogP contribution in [0.3, 0.4) is 0 Å². The quantitative estimate of drug-likeness (QED) is 0.586. The van der Waals surface area contributed by atoms with Crippen molar-refractivity contribution in [1.82, 2.24) is 20.5 Å². The van der Waals surface area contributed by atoms with Gasteiger partial charge in [-0.2, -0.15) is 0 Å². The Kier molecular flexibility index (Phi) is 5.40. The number of rotatable bonds is 6. The Balaban J connectivity index is 1.21.